The van der Waals surface area contributed by atoms with Crippen molar-refractivity contribution in [2.75, 3.05) is 0 Å². The molecule has 0 radical (unpaired) electrons. The third-order valence-corrected chi connectivity index (χ3v) is 3.18. The van der Waals surface area contributed by atoms with Gasteiger partial charge in [-0.3, -0.25) is 0 Å². The van der Waals surface area contributed by atoms with Crippen LogP contribution in [-0.2, 0) is 6.18 Å². The van der Waals surface area contributed by atoms with Crippen LogP contribution in [0.5, 0.6) is 0 Å². The number of halogens is 4. The number of fused-ring (bicyclic) bond motifs is 1. The number of alkyl halides is 3. The molecule has 0 unspecified atom stereocenters. The summed E-state index contributed by atoms with van der Waals surface area (Å²) >= 11 is 4.44. The number of aromatic nitrogens is 1. The van der Waals surface area contributed by atoms with E-state index in [0.717, 1.165) is 16.8 Å². The lowest BCUT2D eigenvalue weighted by molar-refractivity contribution is -0.137. The minimum atomic E-state index is -4.30. The van der Waals surface area contributed by atoms with Gasteiger partial charge >= 0.3 is 6.18 Å². The third-order valence-electron chi connectivity index (χ3n) is 1.69. The lowest BCUT2D eigenvalue weighted by Gasteiger charge is -2.04. The van der Waals surface area contributed by atoms with Gasteiger partial charge in [-0.05, 0) is 34.1 Å². The highest BCUT2D eigenvalue weighted by molar-refractivity contribution is 9.11. The molecule has 0 fully saturated rings. The lowest BCUT2D eigenvalue weighted by Crippen LogP contribution is -2.03. The minimum absolute atomic E-state index is 0.372. The molecule has 14 heavy (non-hydrogen) atoms. The molecule has 0 aliphatic heterocycles. The van der Waals surface area contributed by atoms with Gasteiger partial charge in [0.25, 0.3) is 0 Å². The van der Waals surface area contributed by atoms with Crippen LogP contribution in [0.3, 0.4) is 0 Å². The Morgan fingerprint density at radius 3 is 2.64 bits per heavy atom. The van der Waals surface area contributed by atoms with E-state index in [4.69, 9.17) is 0 Å². The molecule has 6 heteroatoms. The highest BCUT2D eigenvalue weighted by Gasteiger charge is 2.30. The van der Waals surface area contributed by atoms with E-state index in [2.05, 4.69) is 20.9 Å². The Kier molecular flexibility index (Phi) is 2.27. The van der Waals surface area contributed by atoms with Crippen molar-refractivity contribution in [1.82, 2.24) is 4.98 Å². The van der Waals surface area contributed by atoms with Crippen LogP contribution >= 0.6 is 27.3 Å². The summed E-state index contributed by atoms with van der Waals surface area (Å²) in [6, 6.07) is 3.55. The molecule has 1 nitrogen and oxygen atoms in total. The van der Waals surface area contributed by atoms with Gasteiger partial charge in [-0.1, -0.05) is 0 Å². The van der Waals surface area contributed by atoms with E-state index in [1.807, 2.05) is 0 Å². The molecule has 0 saturated heterocycles. The average molecular weight is 282 g/mol. The zero-order chi connectivity index (χ0) is 10.3. The van der Waals surface area contributed by atoms with E-state index < -0.39 is 11.7 Å². The first-order valence-electron chi connectivity index (χ1n) is 3.60. The summed E-state index contributed by atoms with van der Waals surface area (Å²) in [4.78, 5) is 3.92. The van der Waals surface area contributed by atoms with E-state index in [9.17, 15) is 13.2 Å². The summed E-state index contributed by atoms with van der Waals surface area (Å²) in [7, 11) is 0. The first-order chi connectivity index (χ1) is 6.47. The molecular formula is C8H3BrF3NS. The van der Waals surface area contributed by atoms with Gasteiger partial charge in [0.05, 0.1) is 15.8 Å². The first-order valence-corrected chi connectivity index (χ1v) is 5.21. The molecule has 0 N–H and O–H groups in total. The molecule has 2 aromatic rings. The Morgan fingerprint density at radius 1 is 1.29 bits per heavy atom. The van der Waals surface area contributed by atoms with Gasteiger partial charge in [0, 0.05) is 0 Å². The van der Waals surface area contributed by atoms with Crippen LogP contribution in [0.4, 0.5) is 13.2 Å². The quantitative estimate of drug-likeness (QED) is 0.709. The average Bonchev–Trinajstić information content (AvgIpc) is 2.41. The number of benzene rings is 1. The first kappa shape index (κ1) is 9.92. The van der Waals surface area contributed by atoms with Crippen LogP contribution < -0.4 is 0 Å². The summed E-state index contributed by atoms with van der Waals surface area (Å²) < 4.78 is 38.2. The summed E-state index contributed by atoms with van der Waals surface area (Å²) in [5, 5.41) is 0. The zero-order valence-corrected chi connectivity index (χ0v) is 9.00. The highest BCUT2D eigenvalue weighted by Crippen LogP contribution is 2.33. The van der Waals surface area contributed by atoms with Gasteiger partial charge in [0.1, 0.15) is 0 Å². The lowest BCUT2D eigenvalue weighted by atomic mass is 10.2. The van der Waals surface area contributed by atoms with Crippen LogP contribution in [0, 0.1) is 0 Å². The molecule has 0 spiro atoms. The zero-order valence-electron chi connectivity index (χ0n) is 6.60. The monoisotopic (exact) mass is 281 g/mol. The Balaban J connectivity index is 2.62. The van der Waals surface area contributed by atoms with Crippen LogP contribution in [0.1, 0.15) is 5.56 Å². The van der Waals surface area contributed by atoms with Crippen molar-refractivity contribution >= 4 is 37.5 Å². The molecule has 1 heterocycles. The number of hydrogen-bond donors (Lipinski definition) is 0. The van der Waals surface area contributed by atoms with Crippen molar-refractivity contribution in [2.24, 2.45) is 0 Å². The van der Waals surface area contributed by atoms with Gasteiger partial charge in [-0.2, -0.15) is 13.2 Å². The van der Waals surface area contributed by atoms with E-state index in [1.54, 1.807) is 0 Å². The second kappa shape index (κ2) is 3.20. The fourth-order valence-corrected chi connectivity index (χ4v) is 2.46. The van der Waals surface area contributed by atoms with Crippen molar-refractivity contribution in [3.8, 4) is 0 Å². The molecule has 0 amide bonds. The molecule has 0 aliphatic carbocycles. The predicted octanol–water partition coefficient (Wildman–Crippen LogP) is 4.08. The Morgan fingerprint density at radius 2 is 2.00 bits per heavy atom. The summed E-state index contributed by atoms with van der Waals surface area (Å²) in [6.45, 7) is 0. The predicted molar refractivity (Wildman–Crippen MR) is 52.3 cm³/mol. The van der Waals surface area contributed by atoms with Gasteiger partial charge in [0.2, 0.25) is 0 Å². The normalized spacial score (nSPS) is 12.3. The summed E-state index contributed by atoms with van der Waals surface area (Å²) in [6.07, 6.45) is -4.30. The van der Waals surface area contributed by atoms with Crippen molar-refractivity contribution in [3.63, 3.8) is 0 Å². The van der Waals surface area contributed by atoms with Crippen LogP contribution in [0.2, 0.25) is 0 Å². The number of hydrogen-bond acceptors (Lipinski definition) is 2. The second-order valence-electron chi connectivity index (χ2n) is 2.65. The van der Waals surface area contributed by atoms with E-state index >= 15 is 0 Å². The standard InChI is InChI=1S/C8H3BrF3NS/c9-7-13-5-3-4(8(10,11)12)1-2-6(5)14-7/h1-3H. The second-order valence-corrected chi connectivity index (χ2v) is 4.95. The number of nitrogens with zero attached hydrogens (tertiary/aromatic N) is 1. The number of thiazole rings is 1. The van der Waals surface area contributed by atoms with Crippen molar-refractivity contribution in [1.29, 1.82) is 0 Å². The van der Waals surface area contributed by atoms with Crippen LogP contribution in [0.15, 0.2) is 22.1 Å². The largest absolute Gasteiger partial charge is 0.416 e. The van der Waals surface area contributed by atoms with Gasteiger partial charge in [0.15, 0.2) is 3.92 Å². The fraction of sp³-hybridized carbons (Fsp3) is 0.125. The van der Waals surface area contributed by atoms with Crippen molar-refractivity contribution in [2.45, 2.75) is 6.18 Å². The fourth-order valence-electron chi connectivity index (χ4n) is 1.08. The topological polar surface area (TPSA) is 12.9 Å². The molecule has 74 valence electrons. The van der Waals surface area contributed by atoms with Crippen LogP contribution in [0.25, 0.3) is 10.2 Å². The minimum Gasteiger partial charge on any atom is -0.229 e. The van der Waals surface area contributed by atoms with Gasteiger partial charge in [-0.15, -0.1) is 11.3 Å². The highest BCUT2D eigenvalue weighted by atomic mass is 79.9. The van der Waals surface area contributed by atoms with Gasteiger partial charge < -0.3 is 0 Å². The maximum atomic E-state index is 12.3. The molecule has 0 saturated carbocycles. The third kappa shape index (κ3) is 1.76. The summed E-state index contributed by atoms with van der Waals surface area (Å²) in [5.74, 6) is 0. The molecular weight excluding hydrogens is 279 g/mol. The molecule has 0 aliphatic rings. The number of rotatable bonds is 0. The van der Waals surface area contributed by atoms with E-state index in [0.29, 0.717) is 9.43 Å². The SMILES string of the molecule is FC(F)(F)c1ccc2sc(Br)nc2c1. The summed E-state index contributed by atoms with van der Waals surface area (Å²) in [5.41, 5.74) is -0.292. The Labute approximate surface area is 89.7 Å². The molecule has 1 aromatic heterocycles. The van der Waals surface area contributed by atoms with Crippen LogP contribution in [-0.4, -0.2) is 4.98 Å². The van der Waals surface area contributed by atoms with Gasteiger partial charge in [-0.25, -0.2) is 4.98 Å². The molecule has 0 atom stereocenters. The Bertz CT molecular complexity index is 477. The van der Waals surface area contributed by atoms with E-state index in [-0.39, 0.29) is 0 Å². The smallest absolute Gasteiger partial charge is 0.229 e. The maximum absolute atomic E-state index is 12.3. The maximum Gasteiger partial charge on any atom is 0.416 e. The molecule has 1 aromatic carbocycles. The van der Waals surface area contributed by atoms with Crippen molar-refractivity contribution in [3.05, 3.63) is 27.7 Å². The molecule has 2 rings (SSSR count). The molecule has 0 bridgehead atoms. The van der Waals surface area contributed by atoms with Crippen molar-refractivity contribution < 1.29 is 13.2 Å². The Hall–Kier alpha value is -0.620. The van der Waals surface area contributed by atoms with E-state index in [1.165, 1.54) is 17.4 Å².